The van der Waals surface area contributed by atoms with Crippen molar-refractivity contribution in [3.05, 3.63) is 51.0 Å². The van der Waals surface area contributed by atoms with Gasteiger partial charge >= 0.3 is 0 Å². The molecule has 0 heterocycles. The standard InChI is InChI=1S/C15H14Cl3NO2/c1-20-14-7-13(15(21-2)6-12(14)18)19-8-9-5-10(16)3-4-11(9)17/h3-7,19H,8H2,1-2H3. The van der Waals surface area contributed by atoms with Gasteiger partial charge < -0.3 is 14.8 Å². The van der Waals surface area contributed by atoms with E-state index in [-0.39, 0.29) is 0 Å². The first kappa shape index (κ1) is 16.1. The molecule has 0 unspecified atom stereocenters. The second-order valence-corrected chi connectivity index (χ2v) is 5.53. The molecule has 0 aliphatic heterocycles. The van der Waals surface area contributed by atoms with Crippen LogP contribution in [0.5, 0.6) is 11.5 Å². The maximum absolute atomic E-state index is 6.14. The van der Waals surface area contributed by atoms with Crippen molar-refractivity contribution in [3.63, 3.8) is 0 Å². The van der Waals surface area contributed by atoms with Crippen molar-refractivity contribution in [1.82, 2.24) is 0 Å². The lowest BCUT2D eigenvalue weighted by atomic mass is 10.2. The SMILES string of the molecule is COc1cc(NCc2cc(Cl)ccc2Cl)c(OC)cc1Cl. The van der Waals surface area contributed by atoms with E-state index >= 15 is 0 Å². The van der Waals surface area contributed by atoms with E-state index in [9.17, 15) is 0 Å². The van der Waals surface area contributed by atoms with Crippen molar-refractivity contribution >= 4 is 40.5 Å². The van der Waals surface area contributed by atoms with Crippen LogP contribution in [0.4, 0.5) is 5.69 Å². The maximum atomic E-state index is 6.14. The molecule has 3 nitrogen and oxygen atoms in total. The second-order valence-electron chi connectivity index (χ2n) is 4.28. The fourth-order valence-corrected chi connectivity index (χ4v) is 2.48. The molecule has 0 saturated carbocycles. The Morgan fingerprint density at radius 1 is 0.905 bits per heavy atom. The summed E-state index contributed by atoms with van der Waals surface area (Å²) < 4.78 is 10.5. The minimum absolute atomic E-state index is 0.487. The average Bonchev–Trinajstić information content (AvgIpc) is 2.48. The smallest absolute Gasteiger partial charge is 0.143 e. The lowest BCUT2D eigenvalue weighted by Gasteiger charge is -2.14. The molecule has 1 N–H and O–H groups in total. The van der Waals surface area contributed by atoms with Crippen LogP contribution in [-0.4, -0.2) is 14.2 Å². The third-order valence-corrected chi connectivity index (χ3v) is 3.85. The molecule has 0 aromatic heterocycles. The Balaban J connectivity index is 2.24. The predicted molar refractivity (Wildman–Crippen MR) is 88.3 cm³/mol. The van der Waals surface area contributed by atoms with Crippen molar-refractivity contribution in [2.24, 2.45) is 0 Å². The molecule has 2 rings (SSSR count). The summed E-state index contributed by atoms with van der Waals surface area (Å²) >= 11 is 18.2. The van der Waals surface area contributed by atoms with Crippen LogP contribution in [0.1, 0.15) is 5.56 Å². The molecular weight excluding hydrogens is 333 g/mol. The fraction of sp³-hybridized carbons (Fsp3) is 0.200. The lowest BCUT2D eigenvalue weighted by Crippen LogP contribution is -2.02. The van der Waals surface area contributed by atoms with Crippen molar-refractivity contribution in [2.45, 2.75) is 6.54 Å². The van der Waals surface area contributed by atoms with Crippen LogP contribution in [0, 0.1) is 0 Å². The van der Waals surface area contributed by atoms with Gasteiger partial charge in [-0.15, -0.1) is 0 Å². The Kier molecular flexibility index (Phi) is 5.45. The number of methoxy groups -OCH3 is 2. The van der Waals surface area contributed by atoms with E-state index < -0.39 is 0 Å². The zero-order valence-corrected chi connectivity index (χ0v) is 13.8. The number of anilines is 1. The van der Waals surface area contributed by atoms with Gasteiger partial charge in [0.2, 0.25) is 0 Å². The molecule has 0 spiro atoms. The first-order chi connectivity index (χ1) is 10.0. The van der Waals surface area contributed by atoms with Crippen LogP contribution < -0.4 is 14.8 Å². The molecule has 0 atom stereocenters. The Morgan fingerprint density at radius 3 is 2.29 bits per heavy atom. The molecule has 2 aromatic rings. The first-order valence-electron chi connectivity index (χ1n) is 6.14. The third-order valence-electron chi connectivity index (χ3n) is 2.95. The van der Waals surface area contributed by atoms with E-state index in [2.05, 4.69) is 5.32 Å². The number of benzene rings is 2. The van der Waals surface area contributed by atoms with Gasteiger partial charge in [0.05, 0.1) is 24.9 Å². The van der Waals surface area contributed by atoms with E-state index in [0.717, 1.165) is 11.3 Å². The molecule has 0 radical (unpaired) electrons. The molecule has 0 bridgehead atoms. The molecule has 0 saturated heterocycles. The number of nitrogens with one attached hydrogen (secondary N) is 1. The van der Waals surface area contributed by atoms with Crippen LogP contribution in [0.3, 0.4) is 0 Å². The van der Waals surface area contributed by atoms with E-state index in [4.69, 9.17) is 44.3 Å². The van der Waals surface area contributed by atoms with Gasteiger partial charge in [-0.05, 0) is 23.8 Å². The third kappa shape index (κ3) is 3.88. The zero-order valence-electron chi connectivity index (χ0n) is 11.5. The molecule has 6 heteroatoms. The summed E-state index contributed by atoms with van der Waals surface area (Å²) in [5.74, 6) is 1.19. The summed E-state index contributed by atoms with van der Waals surface area (Å²) in [5, 5.41) is 5.01. The van der Waals surface area contributed by atoms with Crippen molar-refractivity contribution in [3.8, 4) is 11.5 Å². The zero-order chi connectivity index (χ0) is 15.4. The summed E-state index contributed by atoms with van der Waals surface area (Å²) in [6, 6.07) is 8.80. The number of ether oxygens (including phenoxy) is 2. The summed E-state index contributed by atoms with van der Waals surface area (Å²) in [5.41, 5.74) is 1.65. The summed E-state index contributed by atoms with van der Waals surface area (Å²) in [4.78, 5) is 0. The molecule has 2 aromatic carbocycles. The molecule has 0 aliphatic carbocycles. The molecule has 112 valence electrons. The second kappa shape index (κ2) is 7.12. The highest BCUT2D eigenvalue weighted by molar-refractivity contribution is 6.33. The summed E-state index contributed by atoms with van der Waals surface area (Å²) in [6.07, 6.45) is 0. The van der Waals surface area contributed by atoms with Gasteiger partial charge in [-0.1, -0.05) is 34.8 Å². The number of hydrogen-bond donors (Lipinski definition) is 1. The topological polar surface area (TPSA) is 30.5 Å². The fourth-order valence-electron chi connectivity index (χ4n) is 1.87. The first-order valence-corrected chi connectivity index (χ1v) is 7.28. The van der Waals surface area contributed by atoms with Crippen LogP contribution >= 0.6 is 34.8 Å². The lowest BCUT2D eigenvalue weighted by molar-refractivity contribution is 0.404. The highest BCUT2D eigenvalue weighted by atomic mass is 35.5. The van der Waals surface area contributed by atoms with Gasteiger partial charge in [0, 0.05) is 28.7 Å². The van der Waals surface area contributed by atoms with Gasteiger partial charge in [-0.2, -0.15) is 0 Å². The molecule has 21 heavy (non-hydrogen) atoms. The van der Waals surface area contributed by atoms with Gasteiger partial charge in [-0.3, -0.25) is 0 Å². The van der Waals surface area contributed by atoms with E-state index in [0.29, 0.717) is 33.1 Å². The van der Waals surface area contributed by atoms with Crippen LogP contribution in [0.15, 0.2) is 30.3 Å². The summed E-state index contributed by atoms with van der Waals surface area (Å²) in [7, 11) is 3.14. The maximum Gasteiger partial charge on any atom is 0.143 e. The van der Waals surface area contributed by atoms with Gasteiger partial charge in [0.25, 0.3) is 0 Å². The molecule has 0 amide bonds. The van der Waals surface area contributed by atoms with Crippen molar-refractivity contribution in [2.75, 3.05) is 19.5 Å². The Labute approximate surface area is 138 Å². The number of rotatable bonds is 5. The molecular formula is C15H14Cl3NO2. The highest BCUT2D eigenvalue weighted by Crippen LogP contribution is 2.36. The normalized spacial score (nSPS) is 10.3. The monoisotopic (exact) mass is 345 g/mol. The Bertz CT molecular complexity index is 647. The summed E-state index contributed by atoms with van der Waals surface area (Å²) in [6.45, 7) is 0.501. The van der Waals surface area contributed by atoms with Crippen molar-refractivity contribution < 1.29 is 9.47 Å². The quantitative estimate of drug-likeness (QED) is 0.799. The van der Waals surface area contributed by atoms with Gasteiger partial charge in [-0.25, -0.2) is 0 Å². The largest absolute Gasteiger partial charge is 0.495 e. The average molecular weight is 347 g/mol. The van der Waals surface area contributed by atoms with Crippen molar-refractivity contribution in [1.29, 1.82) is 0 Å². The van der Waals surface area contributed by atoms with Crippen LogP contribution in [0.25, 0.3) is 0 Å². The van der Waals surface area contributed by atoms with E-state index in [1.807, 2.05) is 6.07 Å². The van der Waals surface area contributed by atoms with Gasteiger partial charge in [0.15, 0.2) is 0 Å². The van der Waals surface area contributed by atoms with E-state index in [1.54, 1.807) is 38.5 Å². The Hall–Kier alpha value is -1.29. The number of halogens is 3. The number of hydrogen-bond acceptors (Lipinski definition) is 3. The van der Waals surface area contributed by atoms with Gasteiger partial charge in [0.1, 0.15) is 11.5 Å². The molecule has 0 fully saturated rings. The van der Waals surface area contributed by atoms with Crippen LogP contribution in [-0.2, 0) is 6.54 Å². The minimum Gasteiger partial charge on any atom is -0.495 e. The van der Waals surface area contributed by atoms with Crippen LogP contribution in [0.2, 0.25) is 15.1 Å². The van der Waals surface area contributed by atoms with E-state index in [1.165, 1.54) is 0 Å². The molecule has 0 aliphatic rings. The highest BCUT2D eigenvalue weighted by Gasteiger charge is 2.10. The minimum atomic E-state index is 0.487. The predicted octanol–water partition coefficient (Wildman–Crippen LogP) is 5.28. The Morgan fingerprint density at radius 2 is 1.62 bits per heavy atom.